The molecule has 0 bridgehead atoms. The topological polar surface area (TPSA) is 49.6 Å². The molecule has 0 unspecified atom stereocenters. The van der Waals surface area contributed by atoms with Crippen LogP contribution in [0.5, 0.6) is 0 Å². The van der Waals surface area contributed by atoms with Gasteiger partial charge in [0, 0.05) is 31.1 Å². The molecule has 0 aromatic heterocycles. The number of likely N-dealkylation sites (tertiary alicyclic amines) is 1. The van der Waals surface area contributed by atoms with Gasteiger partial charge in [-0.25, -0.2) is 0 Å². The number of carbonyl (C=O) groups excluding carboxylic acids is 1. The minimum atomic E-state index is 0.251. The number of rotatable bonds is 2. The van der Waals surface area contributed by atoms with Crippen LogP contribution >= 0.6 is 0 Å². The van der Waals surface area contributed by atoms with E-state index in [2.05, 4.69) is 23.9 Å². The summed E-state index contributed by atoms with van der Waals surface area (Å²) in [4.78, 5) is 16.8. The Morgan fingerprint density at radius 1 is 1.06 bits per heavy atom. The highest BCUT2D eigenvalue weighted by atomic mass is 16.2. The molecule has 0 atom stereocenters. The van der Waals surface area contributed by atoms with Gasteiger partial charge in [-0.2, -0.15) is 0 Å². The highest BCUT2D eigenvalue weighted by Gasteiger charge is 2.30. The molecule has 1 aliphatic carbocycles. The van der Waals surface area contributed by atoms with Crippen LogP contribution < -0.4 is 5.73 Å². The second kappa shape index (κ2) is 6.02. The van der Waals surface area contributed by atoms with E-state index in [1.54, 1.807) is 0 Å². The summed E-state index contributed by atoms with van der Waals surface area (Å²) in [5.74, 6) is 0.639. The van der Waals surface area contributed by atoms with Crippen molar-refractivity contribution in [1.29, 1.82) is 0 Å². The average molecular weight is 253 g/mol. The van der Waals surface area contributed by atoms with Crippen molar-refractivity contribution in [2.45, 2.75) is 50.6 Å². The number of hydrogen-bond acceptors (Lipinski definition) is 3. The van der Waals surface area contributed by atoms with Crippen LogP contribution in [0.4, 0.5) is 0 Å². The van der Waals surface area contributed by atoms with Crippen LogP contribution in [-0.2, 0) is 4.79 Å². The maximum absolute atomic E-state index is 12.4. The van der Waals surface area contributed by atoms with Crippen LogP contribution in [0.25, 0.3) is 0 Å². The molecule has 18 heavy (non-hydrogen) atoms. The highest BCUT2D eigenvalue weighted by molar-refractivity contribution is 5.79. The van der Waals surface area contributed by atoms with Gasteiger partial charge in [-0.15, -0.1) is 0 Å². The third-order valence-electron chi connectivity index (χ3n) is 4.63. The van der Waals surface area contributed by atoms with E-state index in [1.807, 2.05) is 0 Å². The van der Waals surface area contributed by atoms with Gasteiger partial charge in [0.2, 0.25) is 5.91 Å². The maximum atomic E-state index is 12.4. The van der Waals surface area contributed by atoms with Crippen LogP contribution in [0.1, 0.15) is 38.5 Å². The van der Waals surface area contributed by atoms with Crippen LogP contribution in [0.2, 0.25) is 0 Å². The largest absolute Gasteiger partial charge is 0.342 e. The van der Waals surface area contributed by atoms with Gasteiger partial charge in [-0.05, 0) is 52.6 Å². The summed E-state index contributed by atoms with van der Waals surface area (Å²) >= 11 is 0. The van der Waals surface area contributed by atoms with E-state index in [0.717, 1.165) is 51.6 Å². The van der Waals surface area contributed by atoms with E-state index in [1.165, 1.54) is 0 Å². The zero-order valence-electron chi connectivity index (χ0n) is 11.8. The Balaban J connectivity index is 1.80. The Hall–Kier alpha value is -0.610. The van der Waals surface area contributed by atoms with E-state index in [0.29, 0.717) is 18.0 Å². The molecular formula is C14H27N3O. The molecule has 2 fully saturated rings. The standard InChI is InChI=1S/C14H27N3O/c1-16(2)13-7-9-17(10-8-13)14(18)11-3-5-12(15)6-4-11/h11-13H,3-10,15H2,1-2H3/t11-,12-. The lowest BCUT2D eigenvalue weighted by molar-refractivity contribution is -0.138. The van der Waals surface area contributed by atoms with Crippen molar-refractivity contribution in [1.82, 2.24) is 9.80 Å². The second-order valence-corrected chi connectivity index (χ2v) is 6.13. The van der Waals surface area contributed by atoms with Crippen molar-refractivity contribution >= 4 is 5.91 Å². The Bertz CT molecular complexity index is 277. The molecule has 4 heteroatoms. The SMILES string of the molecule is CN(C)C1CCN(C(=O)[C@H]2CC[C@H](N)CC2)CC1. The molecule has 1 amide bonds. The summed E-state index contributed by atoms with van der Waals surface area (Å²) in [6, 6.07) is 0.974. The summed E-state index contributed by atoms with van der Waals surface area (Å²) in [6.07, 6.45) is 6.26. The normalized spacial score (nSPS) is 30.8. The molecule has 0 aromatic rings. The number of nitrogens with two attached hydrogens (primary N) is 1. The predicted octanol–water partition coefficient (Wildman–Crippen LogP) is 1.06. The minimum Gasteiger partial charge on any atom is -0.342 e. The molecule has 0 radical (unpaired) electrons. The Labute approximate surface area is 110 Å². The van der Waals surface area contributed by atoms with Crippen LogP contribution in [0.15, 0.2) is 0 Å². The number of piperidine rings is 1. The fourth-order valence-corrected chi connectivity index (χ4v) is 3.23. The molecule has 0 spiro atoms. The third kappa shape index (κ3) is 3.23. The van der Waals surface area contributed by atoms with Gasteiger partial charge >= 0.3 is 0 Å². The number of hydrogen-bond donors (Lipinski definition) is 1. The Kier molecular flexibility index (Phi) is 4.62. The molecule has 104 valence electrons. The number of carbonyl (C=O) groups is 1. The third-order valence-corrected chi connectivity index (χ3v) is 4.63. The summed E-state index contributed by atoms with van der Waals surface area (Å²) in [7, 11) is 4.26. The van der Waals surface area contributed by atoms with Crippen LogP contribution in [0, 0.1) is 5.92 Å². The first-order valence-corrected chi connectivity index (χ1v) is 7.28. The fraction of sp³-hybridized carbons (Fsp3) is 0.929. The Morgan fingerprint density at radius 2 is 1.61 bits per heavy atom. The molecule has 2 rings (SSSR count). The van der Waals surface area contributed by atoms with E-state index in [4.69, 9.17) is 5.73 Å². The Morgan fingerprint density at radius 3 is 2.11 bits per heavy atom. The first kappa shape index (κ1) is 13.8. The lowest BCUT2D eigenvalue weighted by atomic mass is 9.85. The number of amides is 1. The van der Waals surface area contributed by atoms with Gasteiger partial charge in [-0.3, -0.25) is 4.79 Å². The molecule has 2 N–H and O–H groups in total. The van der Waals surface area contributed by atoms with Gasteiger partial charge < -0.3 is 15.5 Å². The van der Waals surface area contributed by atoms with Crippen molar-refractivity contribution in [2.24, 2.45) is 11.7 Å². The predicted molar refractivity (Wildman–Crippen MR) is 73.2 cm³/mol. The molecule has 1 heterocycles. The first-order valence-electron chi connectivity index (χ1n) is 7.28. The second-order valence-electron chi connectivity index (χ2n) is 6.13. The smallest absolute Gasteiger partial charge is 0.225 e. The monoisotopic (exact) mass is 253 g/mol. The van der Waals surface area contributed by atoms with Crippen LogP contribution in [0.3, 0.4) is 0 Å². The lowest BCUT2D eigenvalue weighted by Gasteiger charge is -2.37. The van der Waals surface area contributed by atoms with Crippen molar-refractivity contribution in [3.8, 4) is 0 Å². The van der Waals surface area contributed by atoms with E-state index in [9.17, 15) is 4.79 Å². The summed E-state index contributed by atoms with van der Waals surface area (Å²) < 4.78 is 0. The molecule has 2 aliphatic rings. The molecule has 1 saturated carbocycles. The van der Waals surface area contributed by atoms with Gasteiger partial charge in [-0.1, -0.05) is 0 Å². The van der Waals surface area contributed by atoms with Crippen molar-refractivity contribution in [3.05, 3.63) is 0 Å². The fourth-order valence-electron chi connectivity index (χ4n) is 3.23. The average Bonchev–Trinajstić information content (AvgIpc) is 2.39. The maximum Gasteiger partial charge on any atom is 0.225 e. The minimum absolute atomic E-state index is 0.251. The molecular weight excluding hydrogens is 226 g/mol. The molecule has 1 saturated heterocycles. The molecule has 0 aromatic carbocycles. The summed E-state index contributed by atoms with van der Waals surface area (Å²) in [6.45, 7) is 1.87. The van der Waals surface area contributed by atoms with Gasteiger partial charge in [0.1, 0.15) is 0 Å². The highest BCUT2D eigenvalue weighted by Crippen LogP contribution is 2.26. The summed E-state index contributed by atoms with van der Waals surface area (Å²) in [5.41, 5.74) is 5.90. The zero-order chi connectivity index (χ0) is 13.1. The van der Waals surface area contributed by atoms with Gasteiger partial charge in [0.15, 0.2) is 0 Å². The van der Waals surface area contributed by atoms with Crippen LogP contribution in [-0.4, -0.2) is 55.0 Å². The van der Waals surface area contributed by atoms with Crippen molar-refractivity contribution in [2.75, 3.05) is 27.2 Å². The molecule has 1 aliphatic heterocycles. The molecule has 4 nitrogen and oxygen atoms in total. The van der Waals surface area contributed by atoms with E-state index >= 15 is 0 Å². The van der Waals surface area contributed by atoms with E-state index < -0.39 is 0 Å². The van der Waals surface area contributed by atoms with Gasteiger partial charge in [0.05, 0.1) is 0 Å². The summed E-state index contributed by atoms with van der Waals surface area (Å²) in [5, 5.41) is 0. The number of nitrogens with zero attached hydrogens (tertiary/aromatic N) is 2. The lowest BCUT2D eigenvalue weighted by Crippen LogP contribution is -2.47. The zero-order valence-corrected chi connectivity index (χ0v) is 11.8. The van der Waals surface area contributed by atoms with Crippen molar-refractivity contribution < 1.29 is 4.79 Å². The first-order chi connectivity index (χ1) is 8.58. The quantitative estimate of drug-likeness (QED) is 0.800. The van der Waals surface area contributed by atoms with Crippen molar-refractivity contribution in [3.63, 3.8) is 0 Å². The van der Waals surface area contributed by atoms with E-state index in [-0.39, 0.29) is 5.92 Å². The van der Waals surface area contributed by atoms with Gasteiger partial charge in [0.25, 0.3) is 0 Å².